The maximum absolute atomic E-state index is 12.9. The summed E-state index contributed by atoms with van der Waals surface area (Å²) < 4.78 is 2.02. The molecule has 0 unspecified atom stereocenters. The first-order valence-corrected chi connectivity index (χ1v) is 9.18. The van der Waals surface area contributed by atoms with Crippen LogP contribution in [0.1, 0.15) is 28.8 Å². The molecule has 1 N–H and O–H groups in total. The average Bonchev–Trinajstić information content (AvgIpc) is 3.09. The molecule has 0 aliphatic carbocycles. The van der Waals surface area contributed by atoms with Crippen LogP contribution in [0.15, 0.2) is 60.7 Å². The molecule has 1 aromatic heterocycles. The van der Waals surface area contributed by atoms with Crippen LogP contribution >= 0.6 is 12.4 Å². The van der Waals surface area contributed by atoms with Crippen molar-refractivity contribution in [3.05, 3.63) is 83.4 Å². The van der Waals surface area contributed by atoms with Crippen molar-refractivity contribution in [1.29, 1.82) is 0 Å². The number of likely N-dealkylation sites (N-methyl/N-ethyl adjacent to an activating group) is 1. The van der Waals surface area contributed by atoms with Gasteiger partial charge in [-0.25, -0.2) is 0 Å². The molecule has 7 heteroatoms. The molecule has 28 heavy (non-hydrogen) atoms. The second-order valence-corrected chi connectivity index (χ2v) is 6.89. The first kappa shape index (κ1) is 20.0. The molecule has 0 saturated carbocycles. The number of hydrogen-bond donors (Lipinski definition) is 1. The summed E-state index contributed by atoms with van der Waals surface area (Å²) in [7, 11) is 1.83. The van der Waals surface area contributed by atoms with Crippen molar-refractivity contribution in [2.45, 2.75) is 32.1 Å². The molecular weight excluding hydrogens is 374 g/mol. The van der Waals surface area contributed by atoms with Gasteiger partial charge in [0.25, 0.3) is 0 Å². The highest BCUT2D eigenvalue weighted by atomic mass is 35.5. The second kappa shape index (κ2) is 8.99. The van der Waals surface area contributed by atoms with Gasteiger partial charge >= 0.3 is 0 Å². The zero-order valence-electron chi connectivity index (χ0n) is 15.8. The van der Waals surface area contributed by atoms with Crippen molar-refractivity contribution in [2.24, 2.45) is 0 Å². The molecule has 146 valence electrons. The van der Waals surface area contributed by atoms with Gasteiger partial charge in [0, 0.05) is 20.0 Å². The maximum Gasteiger partial charge on any atom is 0.246 e. The smallest absolute Gasteiger partial charge is 0.246 e. The van der Waals surface area contributed by atoms with Crippen molar-refractivity contribution in [2.75, 3.05) is 7.05 Å². The molecular formula is C21H24ClN5O. The molecule has 0 radical (unpaired) electrons. The van der Waals surface area contributed by atoms with Crippen LogP contribution in [0.3, 0.4) is 0 Å². The third kappa shape index (κ3) is 4.24. The summed E-state index contributed by atoms with van der Waals surface area (Å²) in [6.07, 6.45) is 0.640. The average molecular weight is 398 g/mol. The van der Waals surface area contributed by atoms with E-state index in [-0.39, 0.29) is 24.4 Å². The fourth-order valence-corrected chi connectivity index (χ4v) is 3.53. The lowest BCUT2D eigenvalue weighted by atomic mass is 10.0. The minimum absolute atomic E-state index is 0. The van der Waals surface area contributed by atoms with Gasteiger partial charge in [-0.3, -0.25) is 9.36 Å². The van der Waals surface area contributed by atoms with Crippen LogP contribution in [0.2, 0.25) is 0 Å². The van der Waals surface area contributed by atoms with E-state index in [1.165, 1.54) is 5.56 Å². The number of fused-ring (bicyclic) bond motifs is 1. The number of carbonyl (C=O) groups is 1. The van der Waals surface area contributed by atoms with Crippen molar-refractivity contribution in [3.63, 3.8) is 0 Å². The third-order valence-corrected chi connectivity index (χ3v) is 4.92. The van der Waals surface area contributed by atoms with E-state index >= 15 is 0 Å². The van der Waals surface area contributed by atoms with Crippen LogP contribution in [0.5, 0.6) is 0 Å². The zero-order valence-corrected chi connectivity index (χ0v) is 16.6. The summed E-state index contributed by atoms with van der Waals surface area (Å²) in [5, 5.41) is 12.1. The number of amides is 1. The summed E-state index contributed by atoms with van der Waals surface area (Å²) in [6, 6.07) is 20.0. The Balaban J connectivity index is 0.00000225. The Hall–Kier alpha value is -2.70. The van der Waals surface area contributed by atoms with Gasteiger partial charge in [0.2, 0.25) is 5.91 Å². The Labute approximate surface area is 171 Å². The molecule has 1 amide bonds. The number of nitrogens with one attached hydrogen (secondary N) is 1. The van der Waals surface area contributed by atoms with Crippen LogP contribution < -0.4 is 5.32 Å². The van der Waals surface area contributed by atoms with Crippen LogP contribution in [0.4, 0.5) is 0 Å². The van der Waals surface area contributed by atoms with Crippen molar-refractivity contribution in [1.82, 2.24) is 25.0 Å². The number of aromatic nitrogens is 3. The Morgan fingerprint density at radius 1 is 0.964 bits per heavy atom. The van der Waals surface area contributed by atoms with Crippen LogP contribution in [-0.4, -0.2) is 32.6 Å². The van der Waals surface area contributed by atoms with E-state index in [0.717, 1.165) is 23.8 Å². The van der Waals surface area contributed by atoms with Gasteiger partial charge in [-0.1, -0.05) is 60.7 Å². The largest absolute Gasteiger partial charge is 0.336 e. The Morgan fingerprint density at radius 3 is 2.29 bits per heavy atom. The van der Waals surface area contributed by atoms with E-state index in [1.807, 2.05) is 48.0 Å². The fourth-order valence-electron chi connectivity index (χ4n) is 3.53. The molecule has 1 aliphatic rings. The van der Waals surface area contributed by atoms with Crippen LogP contribution in [-0.2, 0) is 30.8 Å². The van der Waals surface area contributed by atoms with Gasteiger partial charge in [-0.2, -0.15) is 0 Å². The van der Waals surface area contributed by atoms with E-state index in [0.29, 0.717) is 19.5 Å². The molecule has 2 heterocycles. The zero-order chi connectivity index (χ0) is 18.6. The summed E-state index contributed by atoms with van der Waals surface area (Å²) in [4.78, 5) is 14.6. The van der Waals surface area contributed by atoms with Crippen molar-refractivity contribution >= 4 is 18.3 Å². The minimum Gasteiger partial charge on any atom is -0.336 e. The lowest BCUT2D eigenvalue weighted by Gasteiger charge is -2.31. The number of rotatable bonds is 6. The summed E-state index contributed by atoms with van der Waals surface area (Å²) in [6.45, 7) is 1.82. The first-order chi connectivity index (χ1) is 13.2. The maximum atomic E-state index is 12.9. The van der Waals surface area contributed by atoms with Gasteiger partial charge < -0.3 is 10.2 Å². The Morgan fingerprint density at radius 2 is 1.61 bits per heavy atom. The quantitative estimate of drug-likeness (QED) is 0.694. The molecule has 4 rings (SSSR count). The highest BCUT2D eigenvalue weighted by molar-refractivity contribution is 5.85. The highest BCUT2D eigenvalue weighted by Gasteiger charge is 2.34. The van der Waals surface area contributed by atoms with Gasteiger partial charge in [-0.05, 0) is 11.1 Å². The third-order valence-electron chi connectivity index (χ3n) is 4.92. The molecule has 1 aliphatic heterocycles. The number of hydrogen-bond acceptors (Lipinski definition) is 4. The first-order valence-electron chi connectivity index (χ1n) is 9.18. The lowest BCUT2D eigenvalue weighted by molar-refractivity contribution is -0.136. The number of carbonyl (C=O) groups excluding carboxylic acids is 1. The van der Waals surface area contributed by atoms with E-state index in [4.69, 9.17) is 0 Å². The van der Waals surface area contributed by atoms with Crippen molar-refractivity contribution < 1.29 is 4.79 Å². The van der Waals surface area contributed by atoms with Gasteiger partial charge in [0.05, 0.1) is 13.1 Å². The summed E-state index contributed by atoms with van der Waals surface area (Å²) in [5.74, 6) is 1.76. The van der Waals surface area contributed by atoms with E-state index in [1.54, 1.807) is 4.90 Å². The lowest BCUT2D eigenvalue weighted by Crippen LogP contribution is -2.42. The topological polar surface area (TPSA) is 63.1 Å². The van der Waals surface area contributed by atoms with E-state index in [9.17, 15) is 4.79 Å². The minimum atomic E-state index is -0.301. The standard InChI is InChI=1S/C21H23N5O.ClH/c1-25-15-20-24-23-19(14-22-13-17-10-6-3-7-11-17)26(20)18(21(25)27)12-16-8-4-2-5-9-16;/h2-11,18,22H,12-15H2,1H3;1H/t18-;/m0./s1. The van der Waals surface area contributed by atoms with Crippen LogP contribution in [0, 0.1) is 0 Å². The number of halogens is 1. The molecule has 6 nitrogen and oxygen atoms in total. The Kier molecular flexibility index (Phi) is 6.44. The van der Waals surface area contributed by atoms with E-state index < -0.39 is 0 Å². The SMILES string of the molecule is CN1Cc2nnc(CNCc3ccccc3)n2[C@@H](Cc2ccccc2)C1=O.Cl. The fraction of sp³-hybridized carbons (Fsp3) is 0.286. The highest BCUT2D eigenvalue weighted by Crippen LogP contribution is 2.25. The Bertz CT molecular complexity index is 913. The van der Waals surface area contributed by atoms with Gasteiger partial charge in [0.1, 0.15) is 11.9 Å². The van der Waals surface area contributed by atoms with E-state index in [2.05, 4.69) is 39.8 Å². The second-order valence-electron chi connectivity index (χ2n) is 6.89. The monoisotopic (exact) mass is 397 g/mol. The van der Waals surface area contributed by atoms with Crippen LogP contribution in [0.25, 0.3) is 0 Å². The molecule has 0 fully saturated rings. The molecule has 2 aromatic carbocycles. The number of benzene rings is 2. The van der Waals surface area contributed by atoms with Crippen molar-refractivity contribution in [3.8, 4) is 0 Å². The molecule has 0 saturated heterocycles. The molecule has 0 bridgehead atoms. The summed E-state index contributed by atoms with van der Waals surface area (Å²) in [5.41, 5.74) is 2.35. The normalized spacial score (nSPS) is 15.8. The molecule has 1 atom stereocenters. The molecule has 0 spiro atoms. The predicted molar refractivity (Wildman–Crippen MR) is 110 cm³/mol. The van der Waals surface area contributed by atoms with Gasteiger partial charge in [0.15, 0.2) is 5.82 Å². The molecule has 3 aromatic rings. The summed E-state index contributed by atoms with van der Waals surface area (Å²) >= 11 is 0. The van der Waals surface area contributed by atoms with Gasteiger partial charge in [-0.15, -0.1) is 22.6 Å². The predicted octanol–water partition coefficient (Wildman–Crippen LogP) is 2.75. The number of nitrogens with zero attached hydrogens (tertiary/aromatic N) is 4.